The van der Waals surface area contributed by atoms with Crippen LogP contribution in [-0.4, -0.2) is 38.9 Å². The van der Waals surface area contributed by atoms with E-state index in [2.05, 4.69) is 4.98 Å². The molecule has 2 heterocycles. The molecule has 2 aromatic heterocycles. The van der Waals surface area contributed by atoms with E-state index in [1.807, 2.05) is 0 Å². The van der Waals surface area contributed by atoms with E-state index in [0.29, 0.717) is 50.2 Å². The van der Waals surface area contributed by atoms with Crippen LogP contribution >= 0.6 is 0 Å². The topological polar surface area (TPSA) is 97.1 Å². The molecule has 8 nitrogen and oxygen atoms in total. The van der Waals surface area contributed by atoms with Crippen LogP contribution in [0.2, 0.25) is 0 Å². The third-order valence-corrected chi connectivity index (χ3v) is 3.65. The Morgan fingerprint density at radius 2 is 1.91 bits per heavy atom. The normalized spacial score (nSPS) is 11.4. The maximum Gasteiger partial charge on any atom is 0.332 e. The number of ether oxygens (including phenoxy) is 1. The Kier molecular flexibility index (Phi) is 5.51. The van der Waals surface area contributed by atoms with Gasteiger partial charge in [-0.25, -0.2) is 9.78 Å². The molecule has 2 rings (SSSR count). The molecule has 0 unspecified atom stereocenters. The quantitative estimate of drug-likeness (QED) is 0.674. The van der Waals surface area contributed by atoms with Gasteiger partial charge in [-0.05, 0) is 25.8 Å². The minimum Gasteiger partial charge on any atom is -0.385 e. The van der Waals surface area contributed by atoms with Crippen LogP contribution in [0.1, 0.15) is 19.3 Å². The molecule has 8 heteroatoms. The van der Waals surface area contributed by atoms with Crippen molar-refractivity contribution in [2.45, 2.75) is 32.4 Å². The minimum atomic E-state index is -0.315. The van der Waals surface area contributed by atoms with Gasteiger partial charge < -0.3 is 15.0 Å². The van der Waals surface area contributed by atoms with Crippen molar-refractivity contribution in [2.75, 3.05) is 20.3 Å². The van der Waals surface area contributed by atoms with Gasteiger partial charge in [0.2, 0.25) is 0 Å². The Hall–Kier alpha value is -1.93. The number of nitrogens with zero attached hydrogens (tertiary/aromatic N) is 4. The third kappa shape index (κ3) is 3.12. The zero-order valence-electron chi connectivity index (χ0n) is 13.1. The van der Waals surface area contributed by atoms with E-state index in [1.165, 1.54) is 4.57 Å². The lowest BCUT2D eigenvalue weighted by atomic mass is 10.3. The first kappa shape index (κ1) is 16.4. The summed E-state index contributed by atoms with van der Waals surface area (Å²) in [6, 6.07) is 0. The van der Waals surface area contributed by atoms with Crippen LogP contribution in [0, 0.1) is 0 Å². The molecule has 0 aromatic carbocycles. The lowest BCUT2D eigenvalue weighted by Crippen LogP contribution is -2.40. The fourth-order valence-corrected chi connectivity index (χ4v) is 2.49. The van der Waals surface area contributed by atoms with Gasteiger partial charge in [0.05, 0.1) is 6.33 Å². The van der Waals surface area contributed by atoms with Crippen molar-refractivity contribution >= 4 is 11.2 Å². The van der Waals surface area contributed by atoms with Crippen LogP contribution in [0.25, 0.3) is 11.2 Å². The molecule has 0 saturated heterocycles. The predicted octanol–water partition coefficient (Wildman–Crippen LogP) is -0.328. The van der Waals surface area contributed by atoms with Crippen LogP contribution < -0.4 is 17.0 Å². The highest BCUT2D eigenvalue weighted by molar-refractivity contribution is 5.69. The number of hydrogen-bond acceptors (Lipinski definition) is 5. The van der Waals surface area contributed by atoms with Gasteiger partial charge in [0.1, 0.15) is 0 Å². The second kappa shape index (κ2) is 7.37. The molecule has 2 aromatic rings. The molecule has 0 saturated carbocycles. The summed E-state index contributed by atoms with van der Waals surface area (Å²) in [4.78, 5) is 29.4. The molecule has 0 radical (unpaired) electrons. The molecular weight excluding hydrogens is 286 g/mol. The monoisotopic (exact) mass is 309 g/mol. The molecule has 0 amide bonds. The fourth-order valence-electron chi connectivity index (χ4n) is 2.49. The number of aromatic nitrogens is 4. The number of unbranched alkanes of at least 4 members (excludes halogenated alkanes) is 1. The summed E-state index contributed by atoms with van der Waals surface area (Å²) >= 11 is 0. The summed E-state index contributed by atoms with van der Waals surface area (Å²) in [6.45, 7) is 1.94. The maximum atomic E-state index is 12.6. The fraction of sp³-hybridized carbons (Fsp3) is 0.643. The van der Waals surface area contributed by atoms with Crippen LogP contribution in [0.3, 0.4) is 0 Å². The molecule has 0 aliphatic carbocycles. The van der Waals surface area contributed by atoms with Gasteiger partial charge in [0, 0.05) is 33.9 Å². The molecule has 122 valence electrons. The van der Waals surface area contributed by atoms with E-state index in [0.717, 1.165) is 6.42 Å². The van der Waals surface area contributed by atoms with Crippen LogP contribution in [0.15, 0.2) is 15.9 Å². The lowest BCUT2D eigenvalue weighted by molar-refractivity contribution is 0.190. The van der Waals surface area contributed by atoms with E-state index >= 15 is 0 Å². The maximum absolute atomic E-state index is 12.6. The highest BCUT2D eigenvalue weighted by Gasteiger charge is 2.16. The Morgan fingerprint density at radius 3 is 2.59 bits per heavy atom. The van der Waals surface area contributed by atoms with Gasteiger partial charge >= 0.3 is 5.69 Å². The highest BCUT2D eigenvalue weighted by Crippen LogP contribution is 2.06. The van der Waals surface area contributed by atoms with E-state index in [4.69, 9.17) is 10.5 Å². The van der Waals surface area contributed by atoms with E-state index in [-0.39, 0.29) is 11.2 Å². The summed E-state index contributed by atoms with van der Waals surface area (Å²) < 4.78 is 9.52. The molecule has 0 bridgehead atoms. The van der Waals surface area contributed by atoms with Gasteiger partial charge in [0.25, 0.3) is 5.56 Å². The summed E-state index contributed by atoms with van der Waals surface area (Å²) in [5.41, 5.74) is 5.75. The SMILES string of the molecule is COCCCn1c(=O)n(CCCCN)c(=O)c2c1ncn2C. The molecule has 0 atom stereocenters. The van der Waals surface area contributed by atoms with Gasteiger partial charge in [-0.2, -0.15) is 0 Å². The number of rotatable bonds is 8. The minimum absolute atomic E-state index is 0.292. The van der Waals surface area contributed by atoms with Gasteiger partial charge in [-0.3, -0.25) is 13.9 Å². The number of fused-ring (bicyclic) bond motifs is 1. The predicted molar refractivity (Wildman–Crippen MR) is 84.0 cm³/mol. The number of nitrogens with two attached hydrogens (primary N) is 1. The number of methoxy groups -OCH3 is 1. The molecule has 0 aliphatic rings. The van der Waals surface area contributed by atoms with Crippen molar-refractivity contribution in [1.29, 1.82) is 0 Å². The number of aryl methyl sites for hydroxylation is 2. The molecular formula is C14H23N5O3. The summed E-state index contributed by atoms with van der Waals surface area (Å²) in [5, 5.41) is 0. The highest BCUT2D eigenvalue weighted by atomic mass is 16.5. The van der Waals surface area contributed by atoms with Crippen molar-refractivity contribution in [3.8, 4) is 0 Å². The number of imidazole rings is 1. The Balaban J connectivity index is 2.51. The van der Waals surface area contributed by atoms with Gasteiger partial charge in [-0.15, -0.1) is 0 Å². The zero-order valence-corrected chi connectivity index (χ0v) is 13.1. The van der Waals surface area contributed by atoms with E-state index < -0.39 is 0 Å². The standard InChI is InChI=1S/C14H23N5O3/c1-17-10-16-12-11(17)13(20)19(7-4-3-6-15)14(21)18(12)8-5-9-22-2/h10H,3-9,15H2,1-2H3. The smallest absolute Gasteiger partial charge is 0.332 e. The molecule has 22 heavy (non-hydrogen) atoms. The second-order valence-corrected chi connectivity index (χ2v) is 5.26. The second-order valence-electron chi connectivity index (χ2n) is 5.26. The van der Waals surface area contributed by atoms with Crippen molar-refractivity contribution < 1.29 is 4.74 Å². The Bertz CT molecular complexity index is 743. The van der Waals surface area contributed by atoms with E-state index in [1.54, 1.807) is 29.6 Å². The first-order valence-electron chi connectivity index (χ1n) is 7.45. The summed E-state index contributed by atoms with van der Waals surface area (Å²) in [5.74, 6) is 0. The van der Waals surface area contributed by atoms with Crippen LogP contribution in [0.5, 0.6) is 0 Å². The molecule has 0 spiro atoms. The van der Waals surface area contributed by atoms with Crippen molar-refractivity contribution in [3.05, 3.63) is 27.2 Å². The van der Waals surface area contributed by atoms with E-state index in [9.17, 15) is 9.59 Å². The summed E-state index contributed by atoms with van der Waals surface area (Å²) in [7, 11) is 3.37. The van der Waals surface area contributed by atoms with Crippen molar-refractivity contribution in [1.82, 2.24) is 18.7 Å². The molecule has 2 N–H and O–H groups in total. The molecule has 0 fully saturated rings. The average molecular weight is 309 g/mol. The third-order valence-electron chi connectivity index (χ3n) is 3.65. The molecule has 0 aliphatic heterocycles. The summed E-state index contributed by atoms with van der Waals surface area (Å²) in [6.07, 6.45) is 3.72. The zero-order chi connectivity index (χ0) is 16.1. The first-order chi connectivity index (χ1) is 10.6. The lowest BCUT2D eigenvalue weighted by Gasteiger charge is -2.11. The van der Waals surface area contributed by atoms with Crippen LogP contribution in [-0.2, 0) is 24.9 Å². The Morgan fingerprint density at radius 1 is 1.18 bits per heavy atom. The van der Waals surface area contributed by atoms with Crippen LogP contribution in [0.4, 0.5) is 0 Å². The van der Waals surface area contributed by atoms with Crippen molar-refractivity contribution in [2.24, 2.45) is 12.8 Å². The Labute approximate surface area is 128 Å². The largest absolute Gasteiger partial charge is 0.385 e. The van der Waals surface area contributed by atoms with Crippen molar-refractivity contribution in [3.63, 3.8) is 0 Å². The first-order valence-corrected chi connectivity index (χ1v) is 7.45. The van der Waals surface area contributed by atoms with Gasteiger partial charge in [-0.1, -0.05) is 0 Å². The van der Waals surface area contributed by atoms with Gasteiger partial charge in [0.15, 0.2) is 11.2 Å². The average Bonchev–Trinajstić information content (AvgIpc) is 2.88. The number of hydrogen-bond donors (Lipinski definition) is 1.